The number of nitrogens with two attached hydrogens (primary N) is 1. The Bertz CT molecular complexity index is 1140. The van der Waals surface area contributed by atoms with E-state index in [0.717, 1.165) is 16.8 Å². The number of para-hydroxylation sites is 1. The van der Waals surface area contributed by atoms with Crippen LogP contribution in [-0.4, -0.2) is 41.0 Å². The number of primary amides is 1. The Labute approximate surface area is 191 Å². The molecule has 0 bridgehead atoms. The summed E-state index contributed by atoms with van der Waals surface area (Å²) in [5.41, 5.74) is 8.74. The van der Waals surface area contributed by atoms with Crippen molar-refractivity contribution in [3.05, 3.63) is 100 Å². The van der Waals surface area contributed by atoms with Gasteiger partial charge in [0.1, 0.15) is 0 Å². The molecule has 1 heterocycles. The van der Waals surface area contributed by atoms with Gasteiger partial charge in [0.15, 0.2) is 0 Å². The third kappa shape index (κ3) is 4.53. The minimum atomic E-state index is -0.608. The summed E-state index contributed by atoms with van der Waals surface area (Å²) in [5, 5.41) is 10.4. The molecule has 1 unspecified atom stereocenters. The molecule has 7 heteroatoms. The fraction of sp³-hybridized carbons (Fsp3) is 0.200. The highest BCUT2D eigenvalue weighted by Gasteiger charge is 2.31. The van der Waals surface area contributed by atoms with E-state index >= 15 is 0 Å². The van der Waals surface area contributed by atoms with Crippen molar-refractivity contribution in [3.63, 3.8) is 0 Å². The zero-order valence-electron chi connectivity index (χ0n) is 17.4. The van der Waals surface area contributed by atoms with E-state index in [-0.39, 0.29) is 34.7 Å². The number of anilines is 1. The lowest BCUT2D eigenvalue weighted by molar-refractivity contribution is 0.0940. The highest BCUT2D eigenvalue weighted by atomic mass is 35.5. The van der Waals surface area contributed by atoms with Crippen LogP contribution >= 0.6 is 11.6 Å². The number of aliphatic hydroxyl groups is 1. The highest BCUT2D eigenvalue weighted by Crippen LogP contribution is 2.31. The van der Waals surface area contributed by atoms with Crippen molar-refractivity contribution in [3.8, 4) is 0 Å². The number of nitrogens with zero attached hydrogens (tertiary/aromatic N) is 2. The molecule has 0 spiro atoms. The van der Waals surface area contributed by atoms with E-state index in [1.807, 2.05) is 54.6 Å². The van der Waals surface area contributed by atoms with Gasteiger partial charge in [0.25, 0.3) is 5.91 Å². The van der Waals surface area contributed by atoms with Gasteiger partial charge in [-0.15, -0.1) is 0 Å². The summed E-state index contributed by atoms with van der Waals surface area (Å²) in [4.78, 5) is 28.9. The van der Waals surface area contributed by atoms with Gasteiger partial charge >= 0.3 is 0 Å². The predicted molar refractivity (Wildman–Crippen MR) is 125 cm³/mol. The Morgan fingerprint density at radius 1 is 1.03 bits per heavy atom. The van der Waals surface area contributed by atoms with Crippen LogP contribution in [0.2, 0.25) is 5.02 Å². The lowest BCUT2D eigenvalue weighted by Gasteiger charge is -2.30. The molecule has 1 atom stereocenters. The number of halogens is 1. The van der Waals surface area contributed by atoms with Gasteiger partial charge in [-0.05, 0) is 35.4 Å². The van der Waals surface area contributed by atoms with Gasteiger partial charge < -0.3 is 15.7 Å². The number of rotatable bonds is 5. The number of amides is 2. The van der Waals surface area contributed by atoms with Crippen molar-refractivity contribution in [2.45, 2.75) is 19.1 Å². The topological polar surface area (TPSA) is 86.9 Å². The lowest BCUT2D eigenvalue weighted by atomic mass is 10.1. The monoisotopic (exact) mass is 449 g/mol. The van der Waals surface area contributed by atoms with Crippen LogP contribution in [0.25, 0.3) is 0 Å². The molecule has 4 rings (SSSR count). The molecule has 2 amide bonds. The van der Waals surface area contributed by atoms with Crippen LogP contribution in [0, 0.1) is 0 Å². The van der Waals surface area contributed by atoms with Crippen molar-refractivity contribution in [1.29, 1.82) is 0 Å². The Kier molecular flexibility index (Phi) is 6.55. The maximum Gasteiger partial charge on any atom is 0.259 e. The van der Waals surface area contributed by atoms with Crippen LogP contribution in [0.15, 0.2) is 72.8 Å². The molecule has 0 saturated heterocycles. The zero-order valence-corrected chi connectivity index (χ0v) is 18.2. The molecular weight excluding hydrogens is 426 g/mol. The maximum atomic E-state index is 13.6. The standard InChI is InChI=1S/C25H24ClN3O3/c26-22-12-18(24(27)31)10-11-21(22)25(32)29-15-20(16-30)28(13-17-6-2-1-3-7-17)14-19-8-4-5-9-23(19)29/h1-12,20,30H,13-16H2,(H2,27,31). The van der Waals surface area contributed by atoms with Crippen LogP contribution in [0.1, 0.15) is 31.8 Å². The van der Waals surface area contributed by atoms with Crippen molar-refractivity contribution in [1.82, 2.24) is 4.90 Å². The number of hydrogen-bond donors (Lipinski definition) is 2. The first-order chi connectivity index (χ1) is 15.5. The maximum absolute atomic E-state index is 13.6. The summed E-state index contributed by atoms with van der Waals surface area (Å²) < 4.78 is 0. The van der Waals surface area contributed by atoms with E-state index in [1.54, 1.807) is 4.90 Å². The molecular formula is C25H24ClN3O3. The van der Waals surface area contributed by atoms with Crippen LogP contribution in [0.4, 0.5) is 5.69 Å². The fourth-order valence-corrected chi connectivity index (χ4v) is 4.30. The molecule has 0 fully saturated rings. The summed E-state index contributed by atoms with van der Waals surface area (Å²) >= 11 is 6.35. The first kappa shape index (κ1) is 22.0. The highest BCUT2D eigenvalue weighted by molar-refractivity contribution is 6.35. The molecule has 1 aliphatic heterocycles. The van der Waals surface area contributed by atoms with Crippen molar-refractivity contribution in [2.24, 2.45) is 5.73 Å². The van der Waals surface area contributed by atoms with E-state index in [1.165, 1.54) is 18.2 Å². The van der Waals surface area contributed by atoms with Gasteiger partial charge in [-0.25, -0.2) is 0 Å². The van der Waals surface area contributed by atoms with Crippen LogP contribution in [0.3, 0.4) is 0 Å². The van der Waals surface area contributed by atoms with E-state index in [0.29, 0.717) is 19.6 Å². The number of benzene rings is 3. The van der Waals surface area contributed by atoms with Crippen LogP contribution in [0.5, 0.6) is 0 Å². The molecule has 3 aromatic rings. The zero-order chi connectivity index (χ0) is 22.7. The summed E-state index contributed by atoms with van der Waals surface area (Å²) in [5.74, 6) is -0.901. The molecule has 1 aliphatic rings. The van der Waals surface area contributed by atoms with E-state index < -0.39 is 5.91 Å². The minimum absolute atomic E-state index is 0.0983. The van der Waals surface area contributed by atoms with Gasteiger partial charge in [-0.2, -0.15) is 0 Å². The van der Waals surface area contributed by atoms with E-state index in [4.69, 9.17) is 17.3 Å². The summed E-state index contributed by atoms with van der Waals surface area (Å²) in [6, 6.07) is 21.9. The van der Waals surface area contributed by atoms with Crippen LogP contribution < -0.4 is 10.6 Å². The van der Waals surface area contributed by atoms with E-state index in [9.17, 15) is 14.7 Å². The van der Waals surface area contributed by atoms with Crippen molar-refractivity contribution < 1.29 is 14.7 Å². The average molecular weight is 450 g/mol. The summed E-state index contributed by atoms with van der Waals surface area (Å²) in [7, 11) is 0. The Balaban J connectivity index is 1.70. The molecule has 164 valence electrons. The molecule has 0 aromatic heterocycles. The Morgan fingerprint density at radius 3 is 2.44 bits per heavy atom. The molecule has 32 heavy (non-hydrogen) atoms. The molecule has 6 nitrogen and oxygen atoms in total. The van der Waals surface area contributed by atoms with Gasteiger partial charge in [-0.3, -0.25) is 14.5 Å². The molecule has 3 N–H and O–H groups in total. The number of carbonyl (C=O) groups is 2. The van der Waals surface area contributed by atoms with Crippen LogP contribution in [-0.2, 0) is 13.1 Å². The van der Waals surface area contributed by atoms with Gasteiger partial charge in [0.05, 0.1) is 23.2 Å². The van der Waals surface area contributed by atoms with Gasteiger partial charge in [0.2, 0.25) is 5.91 Å². The minimum Gasteiger partial charge on any atom is -0.395 e. The molecule has 0 aliphatic carbocycles. The second-order valence-corrected chi connectivity index (χ2v) is 8.24. The van der Waals surface area contributed by atoms with Crippen molar-refractivity contribution >= 4 is 29.1 Å². The fourth-order valence-electron chi connectivity index (χ4n) is 4.04. The Hall–Kier alpha value is -3.19. The second-order valence-electron chi connectivity index (χ2n) is 7.83. The summed E-state index contributed by atoms with van der Waals surface area (Å²) in [6.45, 7) is 1.44. The lowest BCUT2D eigenvalue weighted by Crippen LogP contribution is -2.45. The normalized spacial score (nSPS) is 16.3. The molecule has 0 radical (unpaired) electrons. The third-order valence-electron chi connectivity index (χ3n) is 5.73. The quantitative estimate of drug-likeness (QED) is 0.624. The smallest absolute Gasteiger partial charge is 0.259 e. The first-order valence-corrected chi connectivity index (χ1v) is 10.7. The number of aliphatic hydroxyl groups excluding tert-OH is 1. The number of fused-ring (bicyclic) bond motifs is 1. The number of hydrogen-bond acceptors (Lipinski definition) is 4. The second kappa shape index (κ2) is 9.53. The number of carbonyl (C=O) groups excluding carboxylic acids is 2. The molecule has 0 saturated carbocycles. The largest absolute Gasteiger partial charge is 0.395 e. The average Bonchev–Trinajstić information content (AvgIpc) is 2.95. The molecule has 3 aromatic carbocycles. The SMILES string of the molecule is NC(=O)c1ccc(C(=O)N2CC(CO)N(Cc3ccccc3)Cc3ccccc32)c(Cl)c1. The summed E-state index contributed by atoms with van der Waals surface area (Å²) in [6.07, 6.45) is 0. The predicted octanol–water partition coefficient (Wildman–Crippen LogP) is 3.46. The first-order valence-electron chi connectivity index (χ1n) is 10.4. The Morgan fingerprint density at radius 2 is 1.75 bits per heavy atom. The van der Waals surface area contributed by atoms with Gasteiger partial charge in [0, 0.05) is 30.9 Å². The third-order valence-corrected chi connectivity index (χ3v) is 6.05. The van der Waals surface area contributed by atoms with Gasteiger partial charge in [-0.1, -0.05) is 60.1 Å². The van der Waals surface area contributed by atoms with Crippen molar-refractivity contribution in [2.75, 3.05) is 18.1 Å². The van der Waals surface area contributed by atoms with E-state index in [2.05, 4.69) is 4.90 Å².